The molecule has 1 unspecified atom stereocenters. The number of imidazole rings is 1. The fourth-order valence-corrected chi connectivity index (χ4v) is 8.98. The molecule has 5 heterocycles. The standard InChI is InChI=1S/C36H50FN7O3S/c1-24(2)40-19-21-42(22-20-40)30-26(9-7-10-27(30)37)32-43(18-14-35(3,4)5)33(46)36(6,48-32)23-29(45)41-16-12-25(13-17-41)44-28-11-8-15-38-31(28)39-34(44)47/h7-11,15,24-25,32H,12-14,16-23H2,1-6H3,(H,38,39,47)/t32?,36-/m0/s1. The number of para-hydroxylation sites is 1. The minimum Gasteiger partial charge on any atom is -0.366 e. The van der Waals surface area contributed by atoms with Crippen LogP contribution in [0.1, 0.15) is 84.2 Å². The summed E-state index contributed by atoms with van der Waals surface area (Å²) in [6.45, 7) is 17.4. The van der Waals surface area contributed by atoms with Gasteiger partial charge in [-0.3, -0.25) is 24.0 Å². The molecule has 3 aliphatic rings. The number of hydrogen-bond acceptors (Lipinski definition) is 7. The van der Waals surface area contributed by atoms with E-state index in [1.807, 2.05) is 34.9 Å². The van der Waals surface area contributed by atoms with Gasteiger partial charge in [-0.2, -0.15) is 0 Å². The highest BCUT2D eigenvalue weighted by Gasteiger charge is 2.52. The number of hydrogen-bond donors (Lipinski definition) is 1. The first-order valence-electron chi connectivity index (χ1n) is 17.3. The van der Waals surface area contributed by atoms with Crippen LogP contribution in [0.4, 0.5) is 10.1 Å². The maximum atomic E-state index is 15.8. The predicted molar refractivity (Wildman–Crippen MR) is 190 cm³/mol. The zero-order valence-corrected chi connectivity index (χ0v) is 30.0. The number of pyridine rings is 1. The minimum absolute atomic E-state index is 0.00455. The van der Waals surface area contributed by atoms with E-state index >= 15 is 4.39 Å². The number of fused-ring (bicyclic) bond motifs is 1. The highest BCUT2D eigenvalue weighted by molar-refractivity contribution is 8.02. The predicted octanol–water partition coefficient (Wildman–Crippen LogP) is 5.42. The van der Waals surface area contributed by atoms with Crippen LogP contribution in [-0.2, 0) is 9.59 Å². The second-order valence-electron chi connectivity index (χ2n) is 15.3. The van der Waals surface area contributed by atoms with Crippen LogP contribution in [0.3, 0.4) is 0 Å². The van der Waals surface area contributed by atoms with Crippen molar-refractivity contribution in [2.75, 3.05) is 50.7 Å². The quantitative estimate of drug-likeness (QED) is 0.340. The molecule has 260 valence electrons. The number of anilines is 1. The number of carbonyl (C=O) groups excluding carboxylic acids is 2. The van der Waals surface area contributed by atoms with Gasteiger partial charge in [0.25, 0.3) is 0 Å². The van der Waals surface area contributed by atoms with Crippen molar-refractivity contribution < 1.29 is 14.0 Å². The Morgan fingerprint density at radius 3 is 2.44 bits per heavy atom. The molecule has 3 saturated heterocycles. The number of benzene rings is 1. The van der Waals surface area contributed by atoms with Gasteiger partial charge in [0.05, 0.1) is 17.6 Å². The molecule has 12 heteroatoms. The van der Waals surface area contributed by atoms with E-state index in [4.69, 9.17) is 0 Å². The molecular weight excluding hydrogens is 630 g/mol. The first-order chi connectivity index (χ1) is 22.8. The number of aromatic nitrogens is 3. The second-order valence-corrected chi connectivity index (χ2v) is 16.8. The lowest BCUT2D eigenvalue weighted by Gasteiger charge is -2.40. The molecule has 10 nitrogen and oxygen atoms in total. The van der Waals surface area contributed by atoms with Gasteiger partial charge in [0.15, 0.2) is 5.65 Å². The number of halogens is 1. The average molecular weight is 680 g/mol. The summed E-state index contributed by atoms with van der Waals surface area (Å²) in [4.78, 5) is 56.4. The van der Waals surface area contributed by atoms with Crippen LogP contribution in [-0.4, -0.2) is 97.7 Å². The third kappa shape index (κ3) is 6.88. The average Bonchev–Trinajstić information content (AvgIpc) is 3.51. The van der Waals surface area contributed by atoms with E-state index < -0.39 is 10.1 Å². The number of nitrogens with zero attached hydrogens (tertiary/aromatic N) is 6. The smallest absolute Gasteiger partial charge is 0.327 e. The van der Waals surface area contributed by atoms with E-state index in [-0.39, 0.29) is 41.2 Å². The number of rotatable bonds is 8. The number of aromatic amines is 1. The fraction of sp³-hybridized carbons (Fsp3) is 0.611. The lowest BCUT2D eigenvalue weighted by atomic mass is 9.91. The summed E-state index contributed by atoms with van der Waals surface area (Å²) in [5.74, 6) is -0.403. The lowest BCUT2D eigenvalue weighted by molar-refractivity contribution is -0.139. The minimum atomic E-state index is -0.990. The molecule has 6 rings (SSSR count). The van der Waals surface area contributed by atoms with E-state index in [0.29, 0.717) is 62.9 Å². The van der Waals surface area contributed by atoms with Crippen molar-refractivity contribution in [1.29, 1.82) is 0 Å². The number of nitrogens with one attached hydrogen (secondary N) is 1. The second kappa shape index (κ2) is 13.5. The normalized spacial score (nSPS) is 23.2. The van der Waals surface area contributed by atoms with Crippen molar-refractivity contribution in [2.45, 2.75) is 89.4 Å². The fourth-order valence-electron chi connectivity index (χ4n) is 7.42. The zero-order chi connectivity index (χ0) is 34.4. The third-order valence-electron chi connectivity index (χ3n) is 10.3. The molecule has 48 heavy (non-hydrogen) atoms. The Hall–Kier alpha value is -3.38. The summed E-state index contributed by atoms with van der Waals surface area (Å²) in [7, 11) is 0. The molecule has 1 aromatic carbocycles. The Morgan fingerprint density at radius 1 is 1.06 bits per heavy atom. The number of amides is 2. The van der Waals surface area contributed by atoms with Crippen molar-refractivity contribution >= 4 is 40.4 Å². The Labute approximate surface area is 287 Å². The molecule has 0 spiro atoms. The van der Waals surface area contributed by atoms with E-state index in [0.717, 1.165) is 30.6 Å². The first-order valence-corrected chi connectivity index (χ1v) is 18.2. The zero-order valence-electron chi connectivity index (χ0n) is 29.2. The summed E-state index contributed by atoms with van der Waals surface area (Å²) in [5, 5.41) is -0.403. The summed E-state index contributed by atoms with van der Waals surface area (Å²) < 4.78 is 16.6. The van der Waals surface area contributed by atoms with Gasteiger partial charge in [0.2, 0.25) is 11.8 Å². The Balaban J connectivity index is 1.21. The summed E-state index contributed by atoms with van der Waals surface area (Å²) in [6.07, 6.45) is 3.79. The topological polar surface area (TPSA) is 97.8 Å². The molecule has 1 N–H and O–H groups in total. The molecule has 3 aliphatic heterocycles. The van der Waals surface area contributed by atoms with Gasteiger partial charge in [-0.15, -0.1) is 11.8 Å². The summed E-state index contributed by atoms with van der Waals surface area (Å²) in [6, 6.07) is 9.32. The molecule has 0 aliphatic carbocycles. The van der Waals surface area contributed by atoms with Crippen LogP contribution < -0.4 is 10.6 Å². The van der Waals surface area contributed by atoms with E-state index in [9.17, 15) is 14.4 Å². The number of thioether (sulfide) groups is 1. The largest absolute Gasteiger partial charge is 0.366 e. The number of H-pyrrole nitrogens is 1. The number of carbonyl (C=O) groups is 2. The molecule has 3 fully saturated rings. The van der Waals surface area contributed by atoms with Crippen LogP contribution in [0.25, 0.3) is 11.2 Å². The van der Waals surface area contributed by atoms with Crippen LogP contribution in [0.5, 0.6) is 0 Å². The van der Waals surface area contributed by atoms with Gasteiger partial charge in [-0.1, -0.05) is 32.9 Å². The number of likely N-dealkylation sites (tertiary alicyclic amines) is 1. The molecule has 2 amide bonds. The van der Waals surface area contributed by atoms with E-state index in [1.165, 1.54) is 17.8 Å². The Bertz CT molecular complexity index is 1700. The highest BCUT2D eigenvalue weighted by Crippen LogP contribution is 2.53. The number of piperidine rings is 1. The van der Waals surface area contributed by atoms with Crippen molar-refractivity contribution in [3.63, 3.8) is 0 Å². The van der Waals surface area contributed by atoms with Gasteiger partial charge in [0.1, 0.15) is 15.9 Å². The van der Waals surface area contributed by atoms with Gasteiger partial charge < -0.3 is 14.7 Å². The Kier molecular flexibility index (Phi) is 9.70. The number of piperazine rings is 1. The Morgan fingerprint density at radius 2 is 1.77 bits per heavy atom. The van der Waals surface area contributed by atoms with Gasteiger partial charge >= 0.3 is 5.69 Å². The molecule has 0 saturated carbocycles. The monoisotopic (exact) mass is 679 g/mol. The highest BCUT2D eigenvalue weighted by atomic mass is 32.2. The lowest BCUT2D eigenvalue weighted by Crippen LogP contribution is -2.49. The van der Waals surface area contributed by atoms with Crippen molar-refractivity contribution in [3.05, 3.63) is 58.4 Å². The molecule has 0 bridgehead atoms. The molecule has 3 aromatic rings. The molecule has 2 atom stereocenters. The van der Waals surface area contributed by atoms with Crippen LogP contribution in [0.2, 0.25) is 0 Å². The molecule has 2 aromatic heterocycles. The van der Waals surface area contributed by atoms with E-state index in [2.05, 4.69) is 54.4 Å². The molecule has 0 radical (unpaired) electrons. The van der Waals surface area contributed by atoms with Crippen molar-refractivity contribution in [2.24, 2.45) is 5.41 Å². The maximum absolute atomic E-state index is 15.8. The maximum Gasteiger partial charge on any atom is 0.327 e. The van der Waals surface area contributed by atoms with Crippen LogP contribution in [0, 0.1) is 11.2 Å². The SMILES string of the molecule is CC(C)N1CCN(c2c(F)cccc2C2S[C@@](C)(CC(=O)N3CCC(n4c(=O)[nH]c5ncccc54)CC3)C(=O)N2CCC(C)(C)C)CC1. The first kappa shape index (κ1) is 34.5. The van der Waals surface area contributed by atoms with Gasteiger partial charge in [0, 0.05) is 69.7 Å². The molecular formula is C36H50FN7O3S. The van der Waals surface area contributed by atoms with Crippen molar-refractivity contribution in [3.8, 4) is 0 Å². The van der Waals surface area contributed by atoms with Gasteiger partial charge in [-0.05, 0) is 63.6 Å². The van der Waals surface area contributed by atoms with Crippen molar-refractivity contribution in [1.82, 2.24) is 29.2 Å². The third-order valence-corrected chi connectivity index (χ3v) is 11.8. The summed E-state index contributed by atoms with van der Waals surface area (Å²) >= 11 is 1.49. The summed E-state index contributed by atoms with van der Waals surface area (Å²) in [5.41, 5.74) is 2.52. The van der Waals surface area contributed by atoms with E-state index in [1.54, 1.807) is 16.8 Å². The van der Waals surface area contributed by atoms with Crippen LogP contribution in [0.15, 0.2) is 41.3 Å². The van der Waals surface area contributed by atoms with Gasteiger partial charge in [-0.25, -0.2) is 14.2 Å². The van der Waals surface area contributed by atoms with Crippen LogP contribution >= 0.6 is 11.8 Å².